The third-order valence-electron chi connectivity index (χ3n) is 7.08. The van der Waals surface area contributed by atoms with Crippen LogP contribution in [0.5, 0.6) is 0 Å². The van der Waals surface area contributed by atoms with Crippen molar-refractivity contribution in [1.82, 2.24) is 0 Å². The second kappa shape index (κ2) is 7.13. The number of hydrogen-bond acceptors (Lipinski definition) is 3. The third kappa shape index (κ3) is 2.77. The summed E-state index contributed by atoms with van der Waals surface area (Å²) in [6, 6.07) is 31.6. The van der Waals surface area contributed by atoms with E-state index in [4.69, 9.17) is 8.83 Å². The molecular weight excluding hydrogens is 418 g/mol. The highest BCUT2D eigenvalue weighted by atomic mass is 16.4. The van der Waals surface area contributed by atoms with Gasteiger partial charge in [-0.3, -0.25) is 0 Å². The fourth-order valence-corrected chi connectivity index (χ4v) is 5.29. The van der Waals surface area contributed by atoms with Gasteiger partial charge in [0.2, 0.25) is 11.8 Å². The van der Waals surface area contributed by atoms with Crippen LogP contribution in [0, 0.1) is 13.8 Å². The fraction of sp³-hybridized carbons (Fsp3) is 0.0968. The van der Waals surface area contributed by atoms with Gasteiger partial charge in [0, 0.05) is 29.3 Å². The zero-order valence-electron chi connectivity index (χ0n) is 19.1. The first-order valence-corrected chi connectivity index (χ1v) is 11.7. The summed E-state index contributed by atoms with van der Waals surface area (Å²) in [5.41, 5.74) is 10.6. The molecule has 6 aromatic rings. The molecule has 0 aliphatic heterocycles. The summed E-state index contributed by atoms with van der Waals surface area (Å²) < 4.78 is 12.9. The van der Waals surface area contributed by atoms with E-state index in [-0.39, 0.29) is 0 Å². The van der Waals surface area contributed by atoms with E-state index in [1.807, 2.05) is 36.4 Å². The molecule has 0 fully saturated rings. The summed E-state index contributed by atoms with van der Waals surface area (Å²) in [5.74, 6) is 1.51. The number of aryl methyl sites for hydroxylation is 1. The van der Waals surface area contributed by atoms with Crippen molar-refractivity contribution in [2.45, 2.75) is 20.3 Å². The SMILES string of the molecule is Cc1cc2c(c(N(c3cc4ccccc4o3)c3cc4ccccc4o3)c1C)Cc1ccccc1-2. The quantitative estimate of drug-likeness (QED) is 0.274. The Labute approximate surface area is 197 Å². The molecule has 0 amide bonds. The van der Waals surface area contributed by atoms with E-state index in [0.29, 0.717) is 0 Å². The van der Waals surface area contributed by atoms with Crippen LogP contribution in [-0.4, -0.2) is 0 Å². The fourth-order valence-electron chi connectivity index (χ4n) is 5.29. The summed E-state index contributed by atoms with van der Waals surface area (Å²) in [6.07, 6.45) is 0.888. The maximum atomic E-state index is 6.43. The normalized spacial score (nSPS) is 12.3. The van der Waals surface area contributed by atoms with Gasteiger partial charge in [-0.1, -0.05) is 66.7 Å². The number of anilines is 3. The lowest BCUT2D eigenvalue weighted by molar-refractivity contribution is 0.582. The summed E-state index contributed by atoms with van der Waals surface area (Å²) in [7, 11) is 0. The van der Waals surface area contributed by atoms with Crippen molar-refractivity contribution in [1.29, 1.82) is 0 Å². The first-order valence-electron chi connectivity index (χ1n) is 11.7. The molecule has 0 radical (unpaired) electrons. The summed E-state index contributed by atoms with van der Waals surface area (Å²) in [4.78, 5) is 2.17. The van der Waals surface area contributed by atoms with Crippen molar-refractivity contribution >= 4 is 39.4 Å². The number of fused-ring (bicyclic) bond motifs is 5. The van der Waals surface area contributed by atoms with E-state index in [1.165, 1.54) is 33.4 Å². The van der Waals surface area contributed by atoms with E-state index < -0.39 is 0 Å². The first kappa shape index (κ1) is 19.2. The number of benzene rings is 4. The van der Waals surface area contributed by atoms with Crippen LogP contribution >= 0.6 is 0 Å². The van der Waals surface area contributed by atoms with Crippen molar-refractivity contribution < 1.29 is 8.83 Å². The largest absolute Gasteiger partial charge is 0.440 e. The molecule has 2 heterocycles. The number of furan rings is 2. The smallest absolute Gasteiger partial charge is 0.208 e. The molecule has 3 nitrogen and oxygen atoms in total. The molecule has 1 aliphatic rings. The van der Waals surface area contributed by atoms with Crippen molar-refractivity contribution in [3.63, 3.8) is 0 Å². The minimum absolute atomic E-state index is 0.757. The third-order valence-corrected chi connectivity index (χ3v) is 7.08. The molecule has 0 atom stereocenters. The molecule has 0 spiro atoms. The van der Waals surface area contributed by atoms with E-state index in [9.17, 15) is 0 Å². The van der Waals surface area contributed by atoms with Crippen molar-refractivity contribution in [3.8, 4) is 11.1 Å². The highest BCUT2D eigenvalue weighted by Crippen LogP contribution is 2.49. The Morgan fingerprint density at radius 1 is 0.647 bits per heavy atom. The Morgan fingerprint density at radius 3 is 1.88 bits per heavy atom. The van der Waals surface area contributed by atoms with E-state index in [0.717, 1.165) is 45.8 Å². The Bertz CT molecular complexity index is 1580. The predicted molar refractivity (Wildman–Crippen MR) is 138 cm³/mol. The highest BCUT2D eigenvalue weighted by Gasteiger charge is 2.30. The van der Waals surface area contributed by atoms with Crippen LogP contribution < -0.4 is 4.90 Å². The van der Waals surface area contributed by atoms with Gasteiger partial charge >= 0.3 is 0 Å². The second-order valence-corrected chi connectivity index (χ2v) is 9.11. The summed E-state index contributed by atoms with van der Waals surface area (Å²) in [5, 5.41) is 2.15. The number of rotatable bonds is 3. The van der Waals surface area contributed by atoms with Crippen LogP contribution in [-0.2, 0) is 6.42 Å². The van der Waals surface area contributed by atoms with Crippen LogP contribution in [0.15, 0.2) is 99.8 Å². The molecule has 0 saturated carbocycles. The maximum absolute atomic E-state index is 6.43. The Morgan fingerprint density at radius 2 is 1.24 bits per heavy atom. The van der Waals surface area contributed by atoms with E-state index >= 15 is 0 Å². The molecule has 0 bridgehead atoms. The molecule has 1 aliphatic carbocycles. The van der Waals surface area contributed by atoms with Crippen molar-refractivity contribution in [2.24, 2.45) is 0 Å². The van der Waals surface area contributed by atoms with Crippen molar-refractivity contribution in [3.05, 3.63) is 113 Å². The molecule has 2 aromatic heterocycles. The lowest BCUT2D eigenvalue weighted by atomic mass is 9.96. The molecule has 0 saturated heterocycles. The minimum atomic E-state index is 0.757. The van der Waals surface area contributed by atoms with Crippen LogP contribution in [0.1, 0.15) is 22.3 Å². The Kier molecular flexibility index (Phi) is 4.04. The van der Waals surface area contributed by atoms with Gasteiger partial charge in [0.15, 0.2) is 0 Å². The molecule has 7 rings (SSSR count). The van der Waals surface area contributed by atoms with E-state index in [2.05, 4.69) is 73.3 Å². The average Bonchev–Trinajstić information content (AvgIpc) is 3.56. The summed E-state index contributed by atoms with van der Waals surface area (Å²) in [6.45, 7) is 4.39. The molecule has 0 unspecified atom stereocenters. The zero-order valence-corrected chi connectivity index (χ0v) is 19.1. The maximum Gasteiger partial charge on any atom is 0.208 e. The van der Waals surface area contributed by atoms with Gasteiger partial charge in [0.05, 0.1) is 5.69 Å². The van der Waals surface area contributed by atoms with Gasteiger partial charge in [0.25, 0.3) is 0 Å². The zero-order chi connectivity index (χ0) is 22.8. The minimum Gasteiger partial charge on any atom is -0.440 e. The van der Waals surface area contributed by atoms with Gasteiger partial charge in [-0.25, -0.2) is 4.90 Å². The Hall–Kier alpha value is -4.24. The highest BCUT2D eigenvalue weighted by molar-refractivity contribution is 5.93. The second-order valence-electron chi connectivity index (χ2n) is 9.11. The monoisotopic (exact) mass is 441 g/mol. The molecule has 34 heavy (non-hydrogen) atoms. The lowest BCUT2D eigenvalue weighted by Gasteiger charge is -2.25. The number of nitrogens with zero attached hydrogens (tertiary/aromatic N) is 1. The van der Waals surface area contributed by atoms with Crippen LogP contribution in [0.4, 0.5) is 17.5 Å². The topological polar surface area (TPSA) is 29.5 Å². The molecule has 3 heteroatoms. The van der Waals surface area contributed by atoms with Crippen LogP contribution in [0.2, 0.25) is 0 Å². The number of para-hydroxylation sites is 2. The van der Waals surface area contributed by atoms with Gasteiger partial charge in [0.1, 0.15) is 11.2 Å². The molecule has 164 valence electrons. The van der Waals surface area contributed by atoms with Crippen LogP contribution in [0.3, 0.4) is 0 Å². The molecular formula is C31H23NO2. The van der Waals surface area contributed by atoms with Crippen molar-refractivity contribution in [2.75, 3.05) is 4.90 Å². The average molecular weight is 442 g/mol. The summed E-state index contributed by atoms with van der Waals surface area (Å²) >= 11 is 0. The molecule has 0 N–H and O–H groups in total. The molecule has 4 aromatic carbocycles. The number of hydrogen-bond donors (Lipinski definition) is 0. The van der Waals surface area contributed by atoms with Gasteiger partial charge in [-0.05, 0) is 59.4 Å². The lowest BCUT2D eigenvalue weighted by Crippen LogP contribution is -2.13. The predicted octanol–water partition coefficient (Wildman–Crippen LogP) is 8.84. The van der Waals surface area contributed by atoms with E-state index in [1.54, 1.807) is 0 Å². The standard InChI is InChI=1S/C31H23NO2/c1-19-15-25-24-12-6-3-9-21(24)16-26(25)31(20(19)2)32(29-17-22-10-4-7-13-27(22)33-29)30-18-23-11-5-8-14-28(23)34-30/h3-15,17-18H,16H2,1-2H3. The van der Waals surface area contributed by atoms with Gasteiger partial charge < -0.3 is 8.83 Å². The Balaban J connectivity index is 1.54. The van der Waals surface area contributed by atoms with Crippen LogP contribution in [0.25, 0.3) is 33.1 Å². The van der Waals surface area contributed by atoms with Gasteiger partial charge in [-0.2, -0.15) is 0 Å². The first-order chi connectivity index (χ1) is 16.7. The van der Waals surface area contributed by atoms with Gasteiger partial charge in [-0.15, -0.1) is 0 Å².